The molecule has 0 radical (unpaired) electrons. The maximum atomic E-state index is 10.7. The van der Waals surface area contributed by atoms with E-state index >= 15 is 0 Å². The van der Waals surface area contributed by atoms with Crippen molar-refractivity contribution in [2.45, 2.75) is 26.7 Å². The van der Waals surface area contributed by atoms with Gasteiger partial charge in [-0.25, -0.2) is 0 Å². The van der Waals surface area contributed by atoms with Crippen LogP contribution in [0.15, 0.2) is 35.9 Å². The van der Waals surface area contributed by atoms with Crippen LogP contribution in [0, 0.1) is 5.92 Å². The van der Waals surface area contributed by atoms with Crippen molar-refractivity contribution in [3.8, 4) is 0 Å². The molecule has 0 N–H and O–H groups in total. The van der Waals surface area contributed by atoms with Crippen LogP contribution in [0.1, 0.15) is 32.3 Å². The number of carbonyl (C=O) groups excluding carboxylic acids is 1. The maximum absolute atomic E-state index is 10.7. The summed E-state index contributed by atoms with van der Waals surface area (Å²) in [7, 11) is 0. The molecule has 0 spiro atoms. The van der Waals surface area contributed by atoms with E-state index in [1.807, 2.05) is 18.2 Å². The van der Waals surface area contributed by atoms with Crippen LogP contribution in [0.5, 0.6) is 0 Å². The molecule has 0 aliphatic rings. The molecular formula is C14H18O. The fraction of sp³-hybridized carbons (Fsp3) is 0.357. The van der Waals surface area contributed by atoms with Crippen molar-refractivity contribution in [1.29, 1.82) is 0 Å². The Morgan fingerprint density at radius 3 is 2.53 bits per heavy atom. The van der Waals surface area contributed by atoms with Crippen LogP contribution in [0.25, 0.3) is 6.08 Å². The van der Waals surface area contributed by atoms with Gasteiger partial charge in [0.2, 0.25) is 0 Å². The molecule has 0 aliphatic heterocycles. The number of aldehydes is 1. The number of hydrogen-bond donors (Lipinski definition) is 0. The van der Waals surface area contributed by atoms with E-state index in [-0.39, 0.29) is 5.92 Å². The summed E-state index contributed by atoms with van der Waals surface area (Å²) < 4.78 is 0. The third-order valence-corrected chi connectivity index (χ3v) is 2.51. The first-order valence-corrected chi connectivity index (χ1v) is 5.43. The van der Waals surface area contributed by atoms with Crippen molar-refractivity contribution in [1.82, 2.24) is 0 Å². The molecule has 0 saturated carbocycles. The van der Waals surface area contributed by atoms with Crippen LogP contribution in [0.4, 0.5) is 0 Å². The number of rotatable bonds is 5. The number of benzene rings is 1. The molecule has 1 nitrogen and oxygen atoms in total. The molecule has 0 fully saturated rings. The normalized spacial score (nSPS) is 13.6. The van der Waals surface area contributed by atoms with Gasteiger partial charge in [-0.05, 0) is 25.3 Å². The van der Waals surface area contributed by atoms with Crippen LogP contribution < -0.4 is 0 Å². The summed E-state index contributed by atoms with van der Waals surface area (Å²) in [5.41, 5.74) is 2.47. The molecule has 1 aromatic rings. The highest BCUT2D eigenvalue weighted by Crippen LogP contribution is 2.15. The van der Waals surface area contributed by atoms with Gasteiger partial charge >= 0.3 is 0 Å². The van der Waals surface area contributed by atoms with Crippen molar-refractivity contribution in [3.05, 3.63) is 41.5 Å². The summed E-state index contributed by atoms with van der Waals surface area (Å²) in [4.78, 5) is 10.7. The Hall–Kier alpha value is -1.37. The second-order valence-corrected chi connectivity index (χ2v) is 3.91. The molecule has 15 heavy (non-hydrogen) atoms. The largest absolute Gasteiger partial charge is 0.303 e. The number of carbonyl (C=O) groups is 1. The van der Waals surface area contributed by atoms with Crippen LogP contribution in [-0.2, 0) is 4.79 Å². The molecule has 1 heteroatoms. The van der Waals surface area contributed by atoms with E-state index in [1.165, 1.54) is 11.1 Å². The quantitative estimate of drug-likeness (QED) is 0.665. The first kappa shape index (κ1) is 11.7. The Morgan fingerprint density at radius 2 is 2.00 bits per heavy atom. The van der Waals surface area contributed by atoms with Gasteiger partial charge in [-0.3, -0.25) is 0 Å². The summed E-state index contributed by atoms with van der Waals surface area (Å²) in [6, 6.07) is 10.2. The predicted octanol–water partition coefficient (Wildman–Crippen LogP) is 3.71. The lowest BCUT2D eigenvalue weighted by Gasteiger charge is -2.07. The molecule has 0 aromatic heterocycles. The van der Waals surface area contributed by atoms with Gasteiger partial charge in [0.05, 0.1) is 0 Å². The fourth-order valence-corrected chi connectivity index (χ4v) is 1.59. The summed E-state index contributed by atoms with van der Waals surface area (Å²) in [5, 5.41) is 0. The standard InChI is InChI=1S/C14H18O/c1-3-13(11-15)9-12(2)10-14-7-5-4-6-8-14/h4-8,10-11,13H,3,9H2,1-2H3/b12-10+. The Labute approximate surface area is 91.8 Å². The smallest absolute Gasteiger partial charge is 0.123 e. The van der Waals surface area contributed by atoms with E-state index in [1.54, 1.807) is 0 Å². The van der Waals surface area contributed by atoms with Gasteiger partial charge in [0.15, 0.2) is 0 Å². The van der Waals surface area contributed by atoms with E-state index in [2.05, 4.69) is 32.1 Å². The van der Waals surface area contributed by atoms with Gasteiger partial charge in [-0.2, -0.15) is 0 Å². The molecule has 1 aromatic carbocycles. The Kier molecular flexibility index (Phi) is 4.82. The number of allylic oxidation sites excluding steroid dienone is 1. The summed E-state index contributed by atoms with van der Waals surface area (Å²) in [6.45, 7) is 4.13. The molecule has 0 saturated heterocycles. The monoisotopic (exact) mass is 202 g/mol. The molecule has 0 aliphatic carbocycles. The van der Waals surface area contributed by atoms with E-state index in [0.29, 0.717) is 0 Å². The lowest BCUT2D eigenvalue weighted by molar-refractivity contribution is -0.111. The van der Waals surface area contributed by atoms with Crippen molar-refractivity contribution in [3.63, 3.8) is 0 Å². The van der Waals surface area contributed by atoms with Crippen LogP contribution in [-0.4, -0.2) is 6.29 Å². The third kappa shape index (κ3) is 4.11. The number of hydrogen-bond acceptors (Lipinski definition) is 1. The minimum Gasteiger partial charge on any atom is -0.303 e. The molecule has 80 valence electrons. The summed E-state index contributed by atoms with van der Waals surface area (Å²) >= 11 is 0. The first-order valence-electron chi connectivity index (χ1n) is 5.43. The third-order valence-electron chi connectivity index (χ3n) is 2.51. The highest BCUT2D eigenvalue weighted by atomic mass is 16.1. The van der Waals surface area contributed by atoms with E-state index in [0.717, 1.165) is 19.1 Å². The van der Waals surface area contributed by atoms with Gasteiger partial charge in [0.1, 0.15) is 6.29 Å². The molecule has 1 rings (SSSR count). The van der Waals surface area contributed by atoms with Gasteiger partial charge in [-0.1, -0.05) is 48.9 Å². The second-order valence-electron chi connectivity index (χ2n) is 3.91. The van der Waals surface area contributed by atoms with Gasteiger partial charge in [-0.15, -0.1) is 0 Å². The molecular weight excluding hydrogens is 184 g/mol. The minimum atomic E-state index is 0.171. The lowest BCUT2D eigenvalue weighted by atomic mass is 9.98. The minimum absolute atomic E-state index is 0.171. The highest BCUT2D eigenvalue weighted by Gasteiger charge is 2.04. The fourth-order valence-electron chi connectivity index (χ4n) is 1.59. The second kappa shape index (κ2) is 6.18. The summed E-state index contributed by atoms with van der Waals surface area (Å²) in [6.07, 6.45) is 4.99. The van der Waals surface area contributed by atoms with E-state index in [4.69, 9.17) is 0 Å². The first-order chi connectivity index (χ1) is 7.26. The van der Waals surface area contributed by atoms with Crippen molar-refractivity contribution >= 4 is 12.4 Å². The van der Waals surface area contributed by atoms with Crippen LogP contribution in [0.3, 0.4) is 0 Å². The Balaban J connectivity index is 2.64. The zero-order valence-electron chi connectivity index (χ0n) is 9.44. The Bertz CT molecular complexity index is 324. The topological polar surface area (TPSA) is 17.1 Å². The average Bonchev–Trinajstić information content (AvgIpc) is 2.27. The molecule has 1 unspecified atom stereocenters. The van der Waals surface area contributed by atoms with Crippen molar-refractivity contribution < 1.29 is 4.79 Å². The summed E-state index contributed by atoms with van der Waals surface area (Å²) in [5.74, 6) is 0.171. The maximum Gasteiger partial charge on any atom is 0.123 e. The van der Waals surface area contributed by atoms with Crippen molar-refractivity contribution in [2.24, 2.45) is 5.92 Å². The van der Waals surface area contributed by atoms with Gasteiger partial charge in [0.25, 0.3) is 0 Å². The van der Waals surface area contributed by atoms with Crippen LogP contribution in [0.2, 0.25) is 0 Å². The zero-order valence-corrected chi connectivity index (χ0v) is 9.44. The van der Waals surface area contributed by atoms with Crippen molar-refractivity contribution in [2.75, 3.05) is 0 Å². The van der Waals surface area contributed by atoms with Crippen LogP contribution >= 0.6 is 0 Å². The zero-order chi connectivity index (χ0) is 11.1. The van der Waals surface area contributed by atoms with Gasteiger partial charge in [0, 0.05) is 5.92 Å². The SMILES string of the molecule is CCC(C=O)C/C(C)=C/c1ccccc1. The average molecular weight is 202 g/mol. The Morgan fingerprint density at radius 1 is 1.33 bits per heavy atom. The lowest BCUT2D eigenvalue weighted by Crippen LogP contribution is -2.00. The molecule has 1 atom stereocenters. The predicted molar refractivity (Wildman–Crippen MR) is 64.6 cm³/mol. The van der Waals surface area contributed by atoms with E-state index < -0.39 is 0 Å². The molecule has 0 bridgehead atoms. The highest BCUT2D eigenvalue weighted by molar-refractivity contribution is 5.57. The van der Waals surface area contributed by atoms with Gasteiger partial charge < -0.3 is 4.79 Å². The van der Waals surface area contributed by atoms with E-state index in [9.17, 15) is 4.79 Å². The molecule has 0 amide bonds. The molecule has 0 heterocycles.